The molecule has 0 atom stereocenters. The predicted molar refractivity (Wildman–Crippen MR) is 101 cm³/mol. The first-order valence-electron chi connectivity index (χ1n) is 10.3. The van der Waals surface area contributed by atoms with E-state index in [1.54, 1.807) is 0 Å². The van der Waals surface area contributed by atoms with E-state index >= 15 is 0 Å². The Balaban J connectivity index is 1.26. The number of ether oxygens (including phenoxy) is 1. The second kappa shape index (κ2) is 10.3. The maximum atomic E-state index is 12.2. The van der Waals surface area contributed by atoms with E-state index < -0.39 is 0 Å². The summed E-state index contributed by atoms with van der Waals surface area (Å²) in [7, 11) is 0. The van der Waals surface area contributed by atoms with Crippen LogP contribution in [-0.4, -0.2) is 74.7 Å². The number of morpholine rings is 1. The minimum absolute atomic E-state index is 0.197. The number of piperidine rings is 1. The van der Waals surface area contributed by atoms with Gasteiger partial charge in [0.25, 0.3) is 0 Å². The number of hydrogen-bond donors (Lipinski definition) is 1. The van der Waals surface area contributed by atoms with Crippen molar-refractivity contribution in [1.29, 1.82) is 0 Å². The first-order chi connectivity index (χ1) is 12.3. The standard InChI is InChI=1S/C20H35N3O2/c24-20(21-9-6-18-4-2-1-3-5-18)17-22-10-7-19(8-11-22)16-23-12-14-25-15-13-23/h4,19H,1-3,5-17H2,(H,21,24). The van der Waals surface area contributed by atoms with E-state index in [-0.39, 0.29) is 5.91 Å². The molecule has 0 aromatic carbocycles. The third-order valence-electron chi connectivity index (χ3n) is 5.85. The molecule has 0 aromatic heterocycles. The van der Waals surface area contributed by atoms with Crippen LogP contribution in [0.5, 0.6) is 0 Å². The van der Waals surface area contributed by atoms with Crippen molar-refractivity contribution < 1.29 is 9.53 Å². The van der Waals surface area contributed by atoms with Crippen molar-refractivity contribution in [3.8, 4) is 0 Å². The first kappa shape index (κ1) is 18.9. The molecule has 25 heavy (non-hydrogen) atoms. The molecule has 1 amide bonds. The third kappa shape index (κ3) is 6.72. The SMILES string of the molecule is O=C(CN1CCC(CN2CCOCC2)CC1)NCCC1=CCCCC1. The van der Waals surface area contributed by atoms with Gasteiger partial charge in [-0.3, -0.25) is 14.6 Å². The number of carbonyl (C=O) groups is 1. The lowest BCUT2D eigenvalue weighted by atomic mass is 9.96. The molecule has 3 rings (SSSR count). The lowest BCUT2D eigenvalue weighted by Crippen LogP contribution is -2.45. The zero-order chi connectivity index (χ0) is 17.3. The van der Waals surface area contributed by atoms with Crippen molar-refractivity contribution in [1.82, 2.24) is 15.1 Å². The van der Waals surface area contributed by atoms with Crippen LogP contribution in [0.4, 0.5) is 0 Å². The average Bonchev–Trinajstić information content (AvgIpc) is 2.65. The van der Waals surface area contributed by atoms with Gasteiger partial charge in [-0.15, -0.1) is 0 Å². The molecule has 0 radical (unpaired) electrons. The summed E-state index contributed by atoms with van der Waals surface area (Å²) in [4.78, 5) is 17.0. The number of rotatable bonds is 7. The van der Waals surface area contributed by atoms with E-state index in [1.165, 1.54) is 50.6 Å². The molecule has 1 N–H and O–H groups in total. The molecular weight excluding hydrogens is 314 g/mol. The fourth-order valence-electron chi connectivity index (χ4n) is 4.23. The van der Waals surface area contributed by atoms with Crippen molar-refractivity contribution in [2.24, 2.45) is 5.92 Å². The number of allylic oxidation sites excluding steroid dienone is 1. The minimum Gasteiger partial charge on any atom is -0.379 e. The molecule has 0 unspecified atom stereocenters. The number of hydrogen-bond acceptors (Lipinski definition) is 4. The van der Waals surface area contributed by atoms with Crippen LogP contribution in [-0.2, 0) is 9.53 Å². The summed E-state index contributed by atoms with van der Waals surface area (Å²) < 4.78 is 5.42. The van der Waals surface area contributed by atoms with Crippen LogP contribution in [0.2, 0.25) is 0 Å². The quantitative estimate of drug-likeness (QED) is 0.715. The number of nitrogens with zero attached hydrogens (tertiary/aromatic N) is 2. The highest BCUT2D eigenvalue weighted by Gasteiger charge is 2.23. The average molecular weight is 350 g/mol. The molecule has 0 saturated carbocycles. The van der Waals surface area contributed by atoms with Gasteiger partial charge in [-0.1, -0.05) is 11.6 Å². The van der Waals surface area contributed by atoms with Gasteiger partial charge in [0, 0.05) is 26.2 Å². The van der Waals surface area contributed by atoms with Gasteiger partial charge in [0.2, 0.25) is 5.91 Å². The van der Waals surface area contributed by atoms with E-state index in [4.69, 9.17) is 4.74 Å². The van der Waals surface area contributed by atoms with Crippen LogP contribution in [0.25, 0.3) is 0 Å². The number of carbonyl (C=O) groups excluding carboxylic acids is 1. The Morgan fingerprint density at radius 2 is 1.92 bits per heavy atom. The third-order valence-corrected chi connectivity index (χ3v) is 5.85. The highest BCUT2D eigenvalue weighted by molar-refractivity contribution is 5.78. The molecule has 0 spiro atoms. The van der Waals surface area contributed by atoms with Crippen LogP contribution in [0.15, 0.2) is 11.6 Å². The molecule has 1 aliphatic carbocycles. The summed E-state index contributed by atoms with van der Waals surface area (Å²) in [6, 6.07) is 0. The maximum Gasteiger partial charge on any atom is 0.234 e. The van der Waals surface area contributed by atoms with Gasteiger partial charge in [0.15, 0.2) is 0 Å². The molecule has 5 nitrogen and oxygen atoms in total. The van der Waals surface area contributed by atoms with E-state index in [2.05, 4.69) is 21.2 Å². The smallest absolute Gasteiger partial charge is 0.234 e. The van der Waals surface area contributed by atoms with E-state index in [9.17, 15) is 4.79 Å². The second-order valence-corrected chi connectivity index (χ2v) is 7.84. The van der Waals surface area contributed by atoms with Gasteiger partial charge in [-0.25, -0.2) is 0 Å². The Morgan fingerprint density at radius 3 is 2.64 bits per heavy atom. The topological polar surface area (TPSA) is 44.8 Å². The molecule has 0 aromatic rings. The summed E-state index contributed by atoms with van der Waals surface area (Å²) >= 11 is 0. The molecule has 0 bridgehead atoms. The molecule has 2 saturated heterocycles. The van der Waals surface area contributed by atoms with Crippen molar-refractivity contribution in [3.63, 3.8) is 0 Å². The Morgan fingerprint density at radius 1 is 1.12 bits per heavy atom. The summed E-state index contributed by atoms with van der Waals surface area (Å²) in [5.41, 5.74) is 1.54. The van der Waals surface area contributed by atoms with E-state index in [0.29, 0.717) is 6.54 Å². The fraction of sp³-hybridized carbons (Fsp3) is 0.850. The summed E-state index contributed by atoms with van der Waals surface area (Å²) in [6.07, 6.45) is 10.9. The Hall–Kier alpha value is -0.910. The first-order valence-corrected chi connectivity index (χ1v) is 10.3. The maximum absolute atomic E-state index is 12.2. The van der Waals surface area contributed by atoms with Gasteiger partial charge in [-0.2, -0.15) is 0 Å². The minimum atomic E-state index is 0.197. The molecule has 2 fully saturated rings. The fourth-order valence-corrected chi connectivity index (χ4v) is 4.23. The molecule has 142 valence electrons. The van der Waals surface area contributed by atoms with Crippen LogP contribution >= 0.6 is 0 Å². The van der Waals surface area contributed by atoms with Crippen LogP contribution in [0.1, 0.15) is 44.9 Å². The van der Waals surface area contributed by atoms with Gasteiger partial charge in [0.1, 0.15) is 0 Å². The zero-order valence-corrected chi connectivity index (χ0v) is 15.7. The molecule has 5 heteroatoms. The van der Waals surface area contributed by atoms with Gasteiger partial charge < -0.3 is 10.1 Å². The van der Waals surface area contributed by atoms with Crippen LogP contribution in [0.3, 0.4) is 0 Å². The highest BCUT2D eigenvalue weighted by Crippen LogP contribution is 2.20. The van der Waals surface area contributed by atoms with Gasteiger partial charge >= 0.3 is 0 Å². The lowest BCUT2D eigenvalue weighted by Gasteiger charge is -2.35. The van der Waals surface area contributed by atoms with Crippen LogP contribution in [0, 0.1) is 5.92 Å². The molecule has 2 aliphatic heterocycles. The highest BCUT2D eigenvalue weighted by atomic mass is 16.5. The number of likely N-dealkylation sites (tertiary alicyclic amines) is 1. The molecule has 2 heterocycles. The number of nitrogens with one attached hydrogen (secondary N) is 1. The Labute approximate surface area is 152 Å². The van der Waals surface area contributed by atoms with Gasteiger partial charge in [-0.05, 0) is 64.0 Å². The van der Waals surface area contributed by atoms with E-state index in [1.807, 2.05) is 0 Å². The van der Waals surface area contributed by atoms with Gasteiger partial charge in [0.05, 0.1) is 19.8 Å². The molecule has 3 aliphatic rings. The Kier molecular flexibility index (Phi) is 7.77. The van der Waals surface area contributed by atoms with E-state index in [0.717, 1.165) is 58.3 Å². The predicted octanol–water partition coefficient (Wildman–Crippen LogP) is 2.04. The lowest BCUT2D eigenvalue weighted by molar-refractivity contribution is -0.122. The number of amides is 1. The van der Waals surface area contributed by atoms with Crippen LogP contribution < -0.4 is 5.32 Å². The summed E-state index contributed by atoms with van der Waals surface area (Å²) in [5, 5.41) is 3.11. The normalized spacial score (nSPS) is 24.1. The van der Waals surface area contributed by atoms with Crippen molar-refractivity contribution in [3.05, 3.63) is 11.6 Å². The molecular formula is C20H35N3O2. The second-order valence-electron chi connectivity index (χ2n) is 7.84. The zero-order valence-electron chi connectivity index (χ0n) is 15.7. The van der Waals surface area contributed by atoms with Crippen molar-refractivity contribution >= 4 is 5.91 Å². The van der Waals surface area contributed by atoms with Crippen molar-refractivity contribution in [2.75, 3.05) is 59.0 Å². The summed E-state index contributed by atoms with van der Waals surface area (Å²) in [5.74, 6) is 0.985. The monoisotopic (exact) mass is 349 g/mol. The Bertz CT molecular complexity index is 438. The summed E-state index contributed by atoms with van der Waals surface area (Å²) in [6.45, 7) is 8.64. The largest absolute Gasteiger partial charge is 0.379 e. The van der Waals surface area contributed by atoms with Crippen molar-refractivity contribution in [2.45, 2.75) is 44.9 Å².